The minimum Gasteiger partial charge on any atom is -0.497 e. The first kappa shape index (κ1) is 15.3. The van der Waals surface area contributed by atoms with Crippen LogP contribution in [0.3, 0.4) is 0 Å². The fourth-order valence-electron chi connectivity index (χ4n) is 1.87. The van der Waals surface area contributed by atoms with Crippen LogP contribution in [0.2, 0.25) is 0 Å². The molecule has 0 fully saturated rings. The van der Waals surface area contributed by atoms with E-state index in [1.165, 1.54) is 25.3 Å². The fraction of sp³-hybridized carbons (Fsp3) is 0.133. The third-order valence-electron chi connectivity index (χ3n) is 2.98. The molecule has 0 aliphatic rings. The standard InChI is InChI=1S/C15H14N2O5/c1-21-12-6-4-11(5-7-12)16-13-9-10(15(18)22-2)3-8-14(13)17(19)20/h3-9,16H,1-2H3. The lowest BCUT2D eigenvalue weighted by atomic mass is 10.1. The third-order valence-corrected chi connectivity index (χ3v) is 2.98. The molecule has 2 rings (SSSR count). The van der Waals surface area contributed by atoms with Gasteiger partial charge in [-0.15, -0.1) is 0 Å². The van der Waals surface area contributed by atoms with E-state index in [2.05, 4.69) is 10.1 Å². The summed E-state index contributed by atoms with van der Waals surface area (Å²) in [5, 5.41) is 14.0. The number of hydrogen-bond donors (Lipinski definition) is 1. The number of anilines is 2. The minimum atomic E-state index is -0.562. The topological polar surface area (TPSA) is 90.7 Å². The molecule has 0 aromatic heterocycles. The van der Waals surface area contributed by atoms with Gasteiger partial charge in [-0.05, 0) is 36.4 Å². The van der Waals surface area contributed by atoms with Crippen LogP contribution in [0.5, 0.6) is 5.75 Å². The fourth-order valence-corrected chi connectivity index (χ4v) is 1.87. The van der Waals surface area contributed by atoms with Crippen molar-refractivity contribution in [1.29, 1.82) is 0 Å². The molecule has 0 amide bonds. The SMILES string of the molecule is COC(=O)c1ccc([N+](=O)[O-])c(Nc2ccc(OC)cc2)c1. The molecule has 0 bridgehead atoms. The van der Waals surface area contributed by atoms with Crippen molar-refractivity contribution in [3.63, 3.8) is 0 Å². The summed E-state index contributed by atoms with van der Waals surface area (Å²) in [5.41, 5.74) is 0.927. The Hall–Kier alpha value is -3.09. The number of nitro groups is 1. The van der Waals surface area contributed by atoms with E-state index in [1.54, 1.807) is 31.4 Å². The van der Waals surface area contributed by atoms with Crippen molar-refractivity contribution in [3.8, 4) is 5.75 Å². The monoisotopic (exact) mass is 302 g/mol. The van der Waals surface area contributed by atoms with Gasteiger partial charge in [-0.2, -0.15) is 0 Å². The Bertz CT molecular complexity index is 698. The Morgan fingerprint density at radius 2 is 1.82 bits per heavy atom. The predicted molar refractivity (Wildman–Crippen MR) is 80.7 cm³/mol. The number of benzene rings is 2. The van der Waals surface area contributed by atoms with E-state index in [0.29, 0.717) is 11.4 Å². The molecule has 0 saturated heterocycles. The van der Waals surface area contributed by atoms with E-state index in [4.69, 9.17) is 4.74 Å². The second-order valence-electron chi connectivity index (χ2n) is 4.33. The average molecular weight is 302 g/mol. The number of carbonyl (C=O) groups excluding carboxylic acids is 1. The molecule has 0 saturated carbocycles. The molecule has 0 atom stereocenters. The predicted octanol–water partition coefficient (Wildman–Crippen LogP) is 3.13. The summed E-state index contributed by atoms with van der Waals surface area (Å²) in [5.74, 6) is 0.107. The van der Waals surface area contributed by atoms with E-state index in [1.807, 2.05) is 0 Å². The first-order chi connectivity index (χ1) is 10.5. The van der Waals surface area contributed by atoms with Gasteiger partial charge in [0.15, 0.2) is 0 Å². The Morgan fingerprint density at radius 3 is 2.36 bits per heavy atom. The maximum atomic E-state index is 11.5. The van der Waals surface area contributed by atoms with E-state index < -0.39 is 10.9 Å². The number of rotatable bonds is 5. The maximum Gasteiger partial charge on any atom is 0.337 e. The highest BCUT2D eigenvalue weighted by atomic mass is 16.6. The normalized spacial score (nSPS) is 9.91. The van der Waals surface area contributed by atoms with Crippen LogP contribution < -0.4 is 10.1 Å². The van der Waals surface area contributed by atoms with Crippen LogP contribution in [0.25, 0.3) is 0 Å². The van der Waals surface area contributed by atoms with Crippen LogP contribution in [0.4, 0.5) is 17.1 Å². The van der Waals surface area contributed by atoms with Crippen LogP contribution >= 0.6 is 0 Å². The Labute approximate surface area is 126 Å². The van der Waals surface area contributed by atoms with Gasteiger partial charge in [0.25, 0.3) is 5.69 Å². The van der Waals surface area contributed by atoms with Crippen molar-refractivity contribution in [2.24, 2.45) is 0 Å². The first-order valence-corrected chi connectivity index (χ1v) is 6.33. The van der Waals surface area contributed by atoms with Crippen LogP contribution in [0.15, 0.2) is 42.5 Å². The molecule has 2 aromatic carbocycles. The average Bonchev–Trinajstić information content (AvgIpc) is 2.54. The summed E-state index contributed by atoms with van der Waals surface area (Å²) >= 11 is 0. The van der Waals surface area contributed by atoms with Crippen molar-refractivity contribution in [2.75, 3.05) is 19.5 Å². The molecule has 7 heteroatoms. The second-order valence-corrected chi connectivity index (χ2v) is 4.33. The van der Waals surface area contributed by atoms with Crippen LogP contribution in [-0.2, 0) is 4.74 Å². The van der Waals surface area contributed by atoms with Gasteiger partial charge < -0.3 is 14.8 Å². The number of nitrogens with one attached hydrogen (secondary N) is 1. The first-order valence-electron chi connectivity index (χ1n) is 6.33. The summed E-state index contributed by atoms with van der Waals surface area (Å²) in [6.07, 6.45) is 0. The van der Waals surface area contributed by atoms with E-state index in [0.717, 1.165) is 0 Å². The quantitative estimate of drug-likeness (QED) is 0.518. The molecule has 2 aromatic rings. The number of methoxy groups -OCH3 is 2. The lowest BCUT2D eigenvalue weighted by Gasteiger charge is -2.09. The van der Waals surface area contributed by atoms with Crippen LogP contribution in [0.1, 0.15) is 10.4 Å². The lowest BCUT2D eigenvalue weighted by molar-refractivity contribution is -0.383. The van der Waals surface area contributed by atoms with Gasteiger partial charge in [-0.25, -0.2) is 4.79 Å². The van der Waals surface area contributed by atoms with Gasteiger partial charge >= 0.3 is 5.97 Å². The van der Waals surface area contributed by atoms with Gasteiger partial charge in [0.1, 0.15) is 11.4 Å². The molecule has 7 nitrogen and oxygen atoms in total. The van der Waals surface area contributed by atoms with E-state index >= 15 is 0 Å². The molecule has 0 unspecified atom stereocenters. The number of nitro benzene ring substituents is 1. The molecule has 22 heavy (non-hydrogen) atoms. The number of hydrogen-bond acceptors (Lipinski definition) is 6. The Morgan fingerprint density at radius 1 is 1.14 bits per heavy atom. The van der Waals surface area contributed by atoms with Crippen LogP contribution in [-0.4, -0.2) is 25.1 Å². The minimum absolute atomic E-state index is 0.136. The number of esters is 1. The molecular formula is C15H14N2O5. The molecule has 0 spiro atoms. The summed E-state index contributed by atoms with van der Waals surface area (Å²) in [6.45, 7) is 0. The molecule has 1 N–H and O–H groups in total. The van der Waals surface area contributed by atoms with Crippen molar-refractivity contribution < 1.29 is 19.2 Å². The molecule has 0 radical (unpaired) electrons. The number of ether oxygens (including phenoxy) is 2. The summed E-state index contributed by atoms with van der Waals surface area (Å²) in [6, 6.07) is 10.9. The van der Waals surface area contributed by atoms with Crippen molar-refractivity contribution in [3.05, 3.63) is 58.1 Å². The Kier molecular flexibility index (Phi) is 4.57. The van der Waals surface area contributed by atoms with Crippen LogP contribution in [0, 0.1) is 10.1 Å². The van der Waals surface area contributed by atoms with Gasteiger partial charge in [0.05, 0.1) is 24.7 Å². The molecule has 0 heterocycles. The number of carbonyl (C=O) groups is 1. The maximum absolute atomic E-state index is 11.5. The third kappa shape index (κ3) is 3.32. The highest BCUT2D eigenvalue weighted by Crippen LogP contribution is 2.29. The van der Waals surface area contributed by atoms with Gasteiger partial charge in [-0.3, -0.25) is 10.1 Å². The van der Waals surface area contributed by atoms with E-state index in [9.17, 15) is 14.9 Å². The summed E-state index contributed by atoms with van der Waals surface area (Å²) < 4.78 is 9.67. The van der Waals surface area contributed by atoms with Gasteiger partial charge in [0.2, 0.25) is 0 Å². The number of nitrogens with zero attached hydrogens (tertiary/aromatic N) is 1. The zero-order chi connectivity index (χ0) is 16.1. The summed E-state index contributed by atoms with van der Waals surface area (Å²) in [7, 11) is 2.80. The van der Waals surface area contributed by atoms with Crippen molar-refractivity contribution in [2.45, 2.75) is 0 Å². The summed E-state index contributed by atoms with van der Waals surface area (Å²) in [4.78, 5) is 22.1. The highest BCUT2D eigenvalue weighted by molar-refractivity contribution is 5.92. The highest BCUT2D eigenvalue weighted by Gasteiger charge is 2.17. The molecular weight excluding hydrogens is 288 g/mol. The van der Waals surface area contributed by atoms with Crippen molar-refractivity contribution >= 4 is 23.0 Å². The zero-order valence-corrected chi connectivity index (χ0v) is 12.0. The van der Waals surface area contributed by atoms with Crippen molar-refractivity contribution in [1.82, 2.24) is 0 Å². The molecule has 0 aliphatic carbocycles. The largest absolute Gasteiger partial charge is 0.497 e. The second kappa shape index (κ2) is 6.57. The lowest BCUT2D eigenvalue weighted by Crippen LogP contribution is -2.04. The molecule has 114 valence electrons. The van der Waals surface area contributed by atoms with Gasteiger partial charge in [-0.1, -0.05) is 0 Å². The van der Waals surface area contributed by atoms with E-state index in [-0.39, 0.29) is 16.9 Å². The molecule has 0 aliphatic heterocycles. The smallest absolute Gasteiger partial charge is 0.337 e. The zero-order valence-electron chi connectivity index (χ0n) is 12.0. The van der Waals surface area contributed by atoms with Gasteiger partial charge in [0, 0.05) is 11.8 Å². The Balaban J connectivity index is 2.37.